The number of halogens is 3. The fourth-order valence-electron chi connectivity index (χ4n) is 5.36. The highest BCUT2D eigenvalue weighted by Gasteiger charge is 2.37. The number of aryl methyl sites for hydroxylation is 1. The Hall–Kier alpha value is -5.14. The first-order valence-corrected chi connectivity index (χ1v) is 15.1. The number of nitriles is 1. The summed E-state index contributed by atoms with van der Waals surface area (Å²) in [6.07, 6.45) is 0.140. The van der Waals surface area contributed by atoms with Gasteiger partial charge in [-0.15, -0.1) is 0 Å². The Morgan fingerprint density at radius 1 is 0.935 bits per heavy atom. The summed E-state index contributed by atoms with van der Waals surface area (Å²) < 4.78 is 50.5. The predicted octanol–water partition coefficient (Wildman–Crippen LogP) is 7.87. The lowest BCUT2D eigenvalue weighted by Gasteiger charge is -2.35. The molecule has 5 aromatic rings. The van der Waals surface area contributed by atoms with Gasteiger partial charge < -0.3 is 19.9 Å². The monoisotopic (exact) mass is 639 g/mol. The van der Waals surface area contributed by atoms with Crippen LogP contribution in [0, 0.1) is 11.3 Å². The first kappa shape index (κ1) is 32.3. The standard InChI is InChI=1S/C36H32F3N5OS/c37-36(38,39)33-11-5-4-10-32(33)34(35(41)46)44(29-16-18-31(19-17-29)45-24-28-7-2-1-3-8-28)20-6-9-30-22-42-25-43(30)23-27-14-12-26(21-40)13-15-27/h1-5,7-8,10-19,22,25,34H,6,9,20,23-24H2,(H2,41,46). The third-order valence-electron chi connectivity index (χ3n) is 7.63. The first-order valence-electron chi connectivity index (χ1n) is 14.7. The number of ether oxygens (including phenoxy) is 1. The van der Waals surface area contributed by atoms with Gasteiger partial charge in [0.25, 0.3) is 0 Å². The first-order chi connectivity index (χ1) is 22.2. The van der Waals surface area contributed by atoms with Crippen molar-refractivity contribution in [3.63, 3.8) is 0 Å². The number of hydrogen-bond acceptors (Lipinski definition) is 5. The molecular weight excluding hydrogens is 607 g/mol. The van der Waals surface area contributed by atoms with Crippen molar-refractivity contribution in [1.82, 2.24) is 9.55 Å². The van der Waals surface area contributed by atoms with E-state index in [-0.39, 0.29) is 10.6 Å². The molecule has 2 N–H and O–H groups in total. The zero-order valence-corrected chi connectivity index (χ0v) is 25.7. The van der Waals surface area contributed by atoms with Gasteiger partial charge >= 0.3 is 6.18 Å². The summed E-state index contributed by atoms with van der Waals surface area (Å²) in [5.41, 5.74) is 9.70. The third-order valence-corrected chi connectivity index (χ3v) is 7.85. The maximum absolute atomic E-state index is 14.2. The SMILES string of the molecule is N#Cc1ccc(Cn2cncc2CCCN(c2ccc(OCc3ccccc3)cc2)C(C(N)=S)c2ccccc2C(F)(F)F)cc1. The molecule has 0 amide bonds. The zero-order valence-electron chi connectivity index (χ0n) is 24.9. The van der Waals surface area contributed by atoms with E-state index in [1.54, 1.807) is 42.9 Å². The van der Waals surface area contributed by atoms with Crippen LogP contribution in [-0.2, 0) is 25.7 Å². The summed E-state index contributed by atoms with van der Waals surface area (Å²) in [5, 5.41) is 9.09. The Balaban J connectivity index is 1.39. The molecule has 0 saturated carbocycles. The number of nitrogens with zero attached hydrogens (tertiary/aromatic N) is 4. The minimum absolute atomic E-state index is 0.00207. The zero-order chi connectivity index (χ0) is 32.5. The molecule has 0 aliphatic carbocycles. The van der Waals surface area contributed by atoms with E-state index in [0.717, 1.165) is 22.9 Å². The molecule has 234 valence electrons. The molecule has 46 heavy (non-hydrogen) atoms. The summed E-state index contributed by atoms with van der Waals surface area (Å²) in [4.78, 5) is 6.09. The van der Waals surface area contributed by atoms with Crippen LogP contribution in [0.5, 0.6) is 5.75 Å². The van der Waals surface area contributed by atoms with Crippen molar-refractivity contribution in [2.45, 2.75) is 38.2 Å². The normalized spacial score (nSPS) is 11.9. The van der Waals surface area contributed by atoms with E-state index in [2.05, 4.69) is 11.1 Å². The Morgan fingerprint density at radius 3 is 2.30 bits per heavy atom. The summed E-state index contributed by atoms with van der Waals surface area (Å²) in [6, 6.07) is 30.9. The maximum atomic E-state index is 14.2. The smallest absolute Gasteiger partial charge is 0.416 e. The third kappa shape index (κ3) is 8.11. The molecule has 0 aliphatic rings. The van der Waals surface area contributed by atoms with Gasteiger partial charge in [0.05, 0.1) is 23.5 Å². The molecule has 6 nitrogen and oxygen atoms in total. The van der Waals surface area contributed by atoms with Crippen LogP contribution in [0.2, 0.25) is 0 Å². The summed E-state index contributed by atoms with van der Waals surface area (Å²) in [6.45, 7) is 1.32. The Bertz CT molecular complexity index is 1780. The highest BCUT2D eigenvalue weighted by atomic mass is 32.1. The van der Waals surface area contributed by atoms with Gasteiger partial charge in [-0.1, -0.05) is 72.9 Å². The fraction of sp³-hybridized carbons (Fsp3) is 0.194. The average molecular weight is 640 g/mol. The predicted molar refractivity (Wildman–Crippen MR) is 176 cm³/mol. The molecule has 1 atom stereocenters. The minimum atomic E-state index is -4.58. The lowest BCUT2D eigenvalue weighted by Crippen LogP contribution is -2.39. The van der Waals surface area contributed by atoms with Crippen molar-refractivity contribution in [2.24, 2.45) is 5.73 Å². The molecule has 0 spiro atoms. The van der Waals surface area contributed by atoms with Crippen LogP contribution in [0.25, 0.3) is 0 Å². The number of hydrogen-bond donors (Lipinski definition) is 1. The second kappa shape index (κ2) is 14.8. The maximum Gasteiger partial charge on any atom is 0.416 e. The van der Waals surface area contributed by atoms with Gasteiger partial charge in [-0.25, -0.2) is 4.98 Å². The van der Waals surface area contributed by atoms with Crippen molar-refractivity contribution in [1.29, 1.82) is 5.26 Å². The Kier molecular flexibility index (Phi) is 10.4. The second-order valence-corrected chi connectivity index (χ2v) is 11.2. The van der Waals surface area contributed by atoms with Gasteiger partial charge in [0.15, 0.2) is 0 Å². The topological polar surface area (TPSA) is 80.1 Å². The quantitative estimate of drug-likeness (QED) is 0.132. The van der Waals surface area contributed by atoms with Crippen LogP contribution in [0.3, 0.4) is 0 Å². The lowest BCUT2D eigenvalue weighted by atomic mass is 9.97. The number of benzene rings is 4. The van der Waals surface area contributed by atoms with Crippen LogP contribution in [-0.4, -0.2) is 21.1 Å². The fourth-order valence-corrected chi connectivity index (χ4v) is 5.62. The molecule has 1 heterocycles. The molecule has 5 rings (SSSR count). The average Bonchev–Trinajstić information content (AvgIpc) is 3.50. The number of imidazole rings is 1. The van der Waals surface area contributed by atoms with Crippen molar-refractivity contribution in [3.05, 3.63) is 149 Å². The van der Waals surface area contributed by atoms with Gasteiger partial charge in [0.1, 0.15) is 23.4 Å². The van der Waals surface area contributed by atoms with E-state index in [0.29, 0.717) is 49.5 Å². The molecule has 10 heteroatoms. The van der Waals surface area contributed by atoms with Crippen LogP contribution >= 0.6 is 12.2 Å². The highest BCUT2D eigenvalue weighted by Crippen LogP contribution is 2.38. The van der Waals surface area contributed by atoms with Crippen LogP contribution in [0.4, 0.5) is 18.9 Å². The molecule has 1 unspecified atom stereocenters. The van der Waals surface area contributed by atoms with E-state index in [1.807, 2.05) is 64.1 Å². The molecule has 4 aromatic carbocycles. The Labute approximate surface area is 271 Å². The molecule has 0 radical (unpaired) electrons. The number of thiocarbonyl (C=S) groups is 1. The molecule has 0 fully saturated rings. The lowest BCUT2D eigenvalue weighted by molar-refractivity contribution is -0.138. The minimum Gasteiger partial charge on any atom is -0.489 e. The van der Waals surface area contributed by atoms with E-state index in [9.17, 15) is 13.2 Å². The number of rotatable bonds is 13. The van der Waals surface area contributed by atoms with Crippen LogP contribution < -0.4 is 15.4 Å². The van der Waals surface area contributed by atoms with Crippen molar-refractivity contribution in [3.8, 4) is 11.8 Å². The number of aromatic nitrogens is 2. The van der Waals surface area contributed by atoms with Gasteiger partial charge in [0.2, 0.25) is 0 Å². The van der Waals surface area contributed by atoms with Gasteiger partial charge in [-0.3, -0.25) is 0 Å². The van der Waals surface area contributed by atoms with Crippen molar-refractivity contribution >= 4 is 22.9 Å². The Morgan fingerprint density at radius 2 is 1.63 bits per heavy atom. The van der Waals surface area contributed by atoms with Gasteiger partial charge in [-0.05, 0) is 72.0 Å². The van der Waals surface area contributed by atoms with E-state index in [1.165, 1.54) is 12.1 Å². The second-order valence-electron chi connectivity index (χ2n) is 10.8. The van der Waals surface area contributed by atoms with Crippen molar-refractivity contribution in [2.75, 3.05) is 11.4 Å². The number of nitrogens with two attached hydrogens (primary N) is 1. The highest BCUT2D eigenvalue weighted by molar-refractivity contribution is 7.80. The van der Waals surface area contributed by atoms with E-state index >= 15 is 0 Å². The summed E-state index contributed by atoms with van der Waals surface area (Å²) >= 11 is 5.43. The number of anilines is 1. The molecule has 1 aromatic heterocycles. The molecule has 0 saturated heterocycles. The molecular formula is C36H32F3N5OS. The summed E-state index contributed by atoms with van der Waals surface area (Å²) in [5.74, 6) is 0.627. The summed E-state index contributed by atoms with van der Waals surface area (Å²) in [7, 11) is 0. The molecule has 0 aliphatic heterocycles. The number of alkyl halides is 3. The van der Waals surface area contributed by atoms with E-state index < -0.39 is 17.8 Å². The van der Waals surface area contributed by atoms with E-state index in [4.69, 9.17) is 28.0 Å². The molecule has 0 bridgehead atoms. The largest absolute Gasteiger partial charge is 0.489 e. The van der Waals surface area contributed by atoms with Crippen LogP contribution in [0.1, 0.15) is 46.0 Å². The van der Waals surface area contributed by atoms with Crippen molar-refractivity contribution < 1.29 is 17.9 Å². The van der Waals surface area contributed by atoms with Crippen LogP contribution in [0.15, 0.2) is 116 Å². The van der Waals surface area contributed by atoms with Gasteiger partial charge in [0, 0.05) is 30.7 Å². The van der Waals surface area contributed by atoms with Gasteiger partial charge in [-0.2, -0.15) is 18.4 Å².